The van der Waals surface area contributed by atoms with Crippen molar-refractivity contribution in [2.75, 3.05) is 19.6 Å². The predicted octanol–water partition coefficient (Wildman–Crippen LogP) is 3.81. The van der Waals surface area contributed by atoms with Crippen LogP contribution < -0.4 is 0 Å². The number of aromatic nitrogens is 2. The molecule has 1 aromatic rings. The number of hydrogen-bond donors (Lipinski definition) is 0. The van der Waals surface area contributed by atoms with Crippen molar-refractivity contribution >= 4 is 5.91 Å². The van der Waals surface area contributed by atoms with Crippen molar-refractivity contribution in [3.63, 3.8) is 0 Å². The molecule has 0 N–H and O–H groups in total. The van der Waals surface area contributed by atoms with E-state index in [9.17, 15) is 4.79 Å². The summed E-state index contributed by atoms with van der Waals surface area (Å²) in [5, 5.41) is 4.11. The van der Waals surface area contributed by atoms with E-state index >= 15 is 0 Å². The number of piperidine rings is 1. The van der Waals surface area contributed by atoms with E-state index < -0.39 is 0 Å². The van der Waals surface area contributed by atoms with E-state index in [1.165, 1.54) is 38.5 Å². The molecule has 0 spiro atoms. The Morgan fingerprint density at radius 3 is 2.64 bits per heavy atom. The highest BCUT2D eigenvalue weighted by Crippen LogP contribution is 2.36. The van der Waals surface area contributed by atoms with Crippen molar-refractivity contribution in [1.29, 1.82) is 0 Å². The van der Waals surface area contributed by atoms with E-state index in [4.69, 9.17) is 4.52 Å². The van der Waals surface area contributed by atoms with Crippen molar-refractivity contribution in [3.05, 3.63) is 11.7 Å². The zero-order valence-corrected chi connectivity index (χ0v) is 17.4. The van der Waals surface area contributed by atoms with Crippen LogP contribution in [0.3, 0.4) is 0 Å². The van der Waals surface area contributed by atoms with Crippen LogP contribution in [0.15, 0.2) is 4.52 Å². The summed E-state index contributed by atoms with van der Waals surface area (Å²) in [6.07, 6.45) is 12.7. The number of likely N-dealkylation sites (tertiary alicyclic amines) is 2. The second-order valence-corrected chi connectivity index (χ2v) is 9.04. The molecule has 3 fully saturated rings. The lowest BCUT2D eigenvalue weighted by Crippen LogP contribution is -2.48. The van der Waals surface area contributed by atoms with E-state index in [0.29, 0.717) is 23.8 Å². The molecule has 28 heavy (non-hydrogen) atoms. The molecule has 0 aromatic carbocycles. The van der Waals surface area contributed by atoms with Crippen molar-refractivity contribution in [1.82, 2.24) is 19.9 Å². The van der Waals surface area contributed by atoms with Crippen LogP contribution in [-0.4, -0.2) is 51.5 Å². The molecule has 1 aromatic heterocycles. The SMILES string of the molecule is CCCCc1noc(CN2CCC([C@@H]3CCCCCN3C(=O)C3CC3)CC2)n1. The summed E-state index contributed by atoms with van der Waals surface area (Å²) in [6.45, 7) is 6.07. The summed E-state index contributed by atoms with van der Waals surface area (Å²) in [6, 6.07) is 0.474. The smallest absolute Gasteiger partial charge is 0.240 e. The fourth-order valence-electron chi connectivity index (χ4n) is 4.94. The maximum atomic E-state index is 12.8. The highest BCUT2D eigenvalue weighted by molar-refractivity contribution is 5.81. The maximum Gasteiger partial charge on any atom is 0.240 e. The molecule has 156 valence electrons. The van der Waals surface area contributed by atoms with Gasteiger partial charge in [-0.2, -0.15) is 4.98 Å². The summed E-state index contributed by atoms with van der Waals surface area (Å²) < 4.78 is 5.45. The molecular formula is C22H36N4O2. The first-order valence-electron chi connectivity index (χ1n) is 11.6. The van der Waals surface area contributed by atoms with Crippen molar-refractivity contribution in [2.45, 2.75) is 90.1 Å². The second kappa shape index (κ2) is 9.38. The number of rotatable bonds is 7. The van der Waals surface area contributed by atoms with Crippen LogP contribution in [0, 0.1) is 11.8 Å². The summed E-state index contributed by atoms with van der Waals surface area (Å²) in [5.41, 5.74) is 0. The average Bonchev–Trinajstić information content (AvgIpc) is 3.51. The third-order valence-corrected chi connectivity index (χ3v) is 6.81. The topological polar surface area (TPSA) is 62.5 Å². The Morgan fingerprint density at radius 1 is 1.07 bits per heavy atom. The number of hydrogen-bond acceptors (Lipinski definition) is 5. The summed E-state index contributed by atoms with van der Waals surface area (Å²) in [4.78, 5) is 22.1. The first-order chi connectivity index (χ1) is 13.7. The molecule has 0 unspecified atom stereocenters. The molecule has 1 amide bonds. The molecule has 1 atom stereocenters. The Bertz CT molecular complexity index is 634. The molecule has 0 radical (unpaired) electrons. The molecule has 2 saturated heterocycles. The number of amides is 1. The molecule has 1 aliphatic carbocycles. The minimum absolute atomic E-state index is 0.347. The lowest BCUT2D eigenvalue weighted by molar-refractivity contribution is -0.136. The van der Waals surface area contributed by atoms with Crippen LogP contribution in [0.2, 0.25) is 0 Å². The highest BCUT2D eigenvalue weighted by Gasteiger charge is 2.39. The molecule has 6 nitrogen and oxygen atoms in total. The van der Waals surface area contributed by atoms with Crippen LogP contribution in [0.4, 0.5) is 0 Å². The third kappa shape index (κ3) is 4.94. The van der Waals surface area contributed by atoms with Crippen LogP contribution in [0.25, 0.3) is 0 Å². The molecule has 3 aliphatic rings. The minimum atomic E-state index is 0.347. The Hall–Kier alpha value is -1.43. The maximum absolute atomic E-state index is 12.8. The number of nitrogens with zero attached hydrogens (tertiary/aromatic N) is 4. The Kier molecular flexibility index (Phi) is 6.65. The van der Waals surface area contributed by atoms with Gasteiger partial charge < -0.3 is 9.42 Å². The largest absolute Gasteiger partial charge is 0.339 e. The third-order valence-electron chi connectivity index (χ3n) is 6.81. The highest BCUT2D eigenvalue weighted by atomic mass is 16.5. The first kappa shape index (κ1) is 19.9. The van der Waals surface area contributed by atoms with Gasteiger partial charge >= 0.3 is 0 Å². The van der Waals surface area contributed by atoms with Gasteiger partial charge in [-0.15, -0.1) is 0 Å². The Balaban J connectivity index is 1.29. The predicted molar refractivity (Wildman–Crippen MR) is 108 cm³/mol. The molecule has 6 heteroatoms. The van der Waals surface area contributed by atoms with Crippen LogP contribution in [0.1, 0.15) is 82.8 Å². The quantitative estimate of drug-likeness (QED) is 0.711. The molecular weight excluding hydrogens is 352 g/mol. The number of unbranched alkanes of at least 4 members (excludes halogenated alkanes) is 1. The minimum Gasteiger partial charge on any atom is -0.339 e. The van der Waals surface area contributed by atoms with E-state index in [1.54, 1.807) is 0 Å². The molecule has 4 rings (SSSR count). The van der Waals surface area contributed by atoms with Gasteiger partial charge in [0.2, 0.25) is 11.8 Å². The summed E-state index contributed by atoms with van der Waals surface area (Å²) in [7, 11) is 0. The van der Waals surface area contributed by atoms with Gasteiger partial charge in [-0.3, -0.25) is 9.69 Å². The Labute approximate surface area is 169 Å². The van der Waals surface area contributed by atoms with Gasteiger partial charge in [-0.05, 0) is 64.0 Å². The molecule has 2 aliphatic heterocycles. The fourth-order valence-corrected chi connectivity index (χ4v) is 4.94. The molecule has 3 heterocycles. The number of aryl methyl sites for hydroxylation is 1. The molecule has 0 bridgehead atoms. The van der Waals surface area contributed by atoms with Gasteiger partial charge in [0.25, 0.3) is 0 Å². The van der Waals surface area contributed by atoms with Gasteiger partial charge in [0, 0.05) is 24.9 Å². The van der Waals surface area contributed by atoms with Crippen molar-refractivity contribution in [3.8, 4) is 0 Å². The number of carbonyl (C=O) groups excluding carboxylic acids is 1. The first-order valence-corrected chi connectivity index (χ1v) is 11.6. The van der Waals surface area contributed by atoms with E-state index in [-0.39, 0.29) is 0 Å². The average molecular weight is 389 g/mol. The lowest BCUT2D eigenvalue weighted by atomic mass is 9.86. The second-order valence-electron chi connectivity index (χ2n) is 9.04. The Morgan fingerprint density at radius 2 is 1.89 bits per heavy atom. The van der Waals surface area contributed by atoms with Crippen LogP contribution in [-0.2, 0) is 17.8 Å². The van der Waals surface area contributed by atoms with Crippen molar-refractivity contribution in [2.24, 2.45) is 11.8 Å². The van der Waals surface area contributed by atoms with Gasteiger partial charge in [0.05, 0.1) is 6.54 Å². The van der Waals surface area contributed by atoms with Gasteiger partial charge in [0.1, 0.15) is 0 Å². The van der Waals surface area contributed by atoms with Crippen LogP contribution >= 0.6 is 0 Å². The van der Waals surface area contributed by atoms with E-state index in [0.717, 1.165) is 70.0 Å². The van der Waals surface area contributed by atoms with Crippen LogP contribution in [0.5, 0.6) is 0 Å². The van der Waals surface area contributed by atoms with Gasteiger partial charge in [-0.1, -0.05) is 31.3 Å². The fraction of sp³-hybridized carbons (Fsp3) is 0.864. The van der Waals surface area contributed by atoms with E-state index in [1.807, 2.05) is 0 Å². The monoisotopic (exact) mass is 388 g/mol. The summed E-state index contributed by atoms with van der Waals surface area (Å²) in [5.74, 6) is 3.06. The van der Waals surface area contributed by atoms with Crippen molar-refractivity contribution < 1.29 is 9.32 Å². The van der Waals surface area contributed by atoms with Gasteiger partial charge in [-0.25, -0.2) is 0 Å². The zero-order chi connectivity index (χ0) is 19.3. The summed E-state index contributed by atoms with van der Waals surface area (Å²) >= 11 is 0. The number of carbonyl (C=O) groups is 1. The van der Waals surface area contributed by atoms with E-state index in [2.05, 4.69) is 26.9 Å². The lowest BCUT2D eigenvalue weighted by Gasteiger charge is -2.40. The zero-order valence-electron chi connectivity index (χ0n) is 17.4. The standard InChI is InChI=1S/C22H36N4O2/c1-2-3-8-20-23-21(28-24-20)16-25-14-11-17(12-15-25)19-7-5-4-6-13-26(19)22(27)18-9-10-18/h17-19H,2-16H2,1H3/t19-/m0/s1. The normalized spacial score (nSPS) is 25.0. The van der Waals surface area contributed by atoms with Gasteiger partial charge in [0.15, 0.2) is 5.82 Å². The molecule has 1 saturated carbocycles.